The molecule has 5 rings (SSSR count). The fraction of sp³-hybridized carbons (Fsp3) is 0.179. The quantitative estimate of drug-likeness (QED) is 0.305. The number of nitrogens with one attached hydrogen (secondary N) is 2. The number of amides is 1. The molecular formula is C28H26ClN5O3. The molecule has 188 valence electrons. The Labute approximate surface area is 219 Å². The van der Waals surface area contributed by atoms with Gasteiger partial charge in [-0.15, -0.1) is 5.10 Å². The van der Waals surface area contributed by atoms with E-state index in [1.54, 1.807) is 25.0 Å². The summed E-state index contributed by atoms with van der Waals surface area (Å²) in [6.07, 6.45) is 3.86. The summed E-state index contributed by atoms with van der Waals surface area (Å²) in [5.74, 6) is 1.95. The van der Waals surface area contributed by atoms with E-state index >= 15 is 0 Å². The van der Waals surface area contributed by atoms with E-state index in [1.807, 2.05) is 72.8 Å². The number of para-hydroxylation sites is 1. The second-order valence-electron chi connectivity index (χ2n) is 8.54. The van der Waals surface area contributed by atoms with Gasteiger partial charge in [-0.25, -0.2) is 4.68 Å². The minimum absolute atomic E-state index is 0.0394. The molecule has 0 aliphatic carbocycles. The van der Waals surface area contributed by atoms with Crippen LogP contribution in [0.3, 0.4) is 0 Å². The van der Waals surface area contributed by atoms with Crippen LogP contribution in [0.25, 0.3) is 6.08 Å². The number of hydrogen-bond donors (Lipinski definition) is 2. The van der Waals surface area contributed by atoms with E-state index < -0.39 is 0 Å². The maximum atomic E-state index is 12.6. The molecule has 0 saturated heterocycles. The number of nitrogens with zero attached hydrogens (tertiary/aromatic N) is 3. The van der Waals surface area contributed by atoms with E-state index in [1.165, 1.54) is 6.08 Å². The molecule has 1 aliphatic heterocycles. The molecule has 0 radical (unpaired) electrons. The van der Waals surface area contributed by atoms with E-state index in [0.29, 0.717) is 17.4 Å². The van der Waals surface area contributed by atoms with E-state index in [2.05, 4.69) is 20.7 Å². The Balaban J connectivity index is 1.41. The van der Waals surface area contributed by atoms with Gasteiger partial charge in [-0.3, -0.25) is 10.1 Å². The lowest BCUT2D eigenvalue weighted by atomic mass is 9.93. The second kappa shape index (κ2) is 10.8. The maximum absolute atomic E-state index is 12.6. The van der Waals surface area contributed by atoms with Crippen LogP contribution in [0.5, 0.6) is 11.5 Å². The van der Waals surface area contributed by atoms with Crippen molar-refractivity contribution in [1.29, 1.82) is 0 Å². The molecule has 1 aromatic heterocycles. The second-order valence-corrected chi connectivity index (χ2v) is 8.98. The highest BCUT2D eigenvalue weighted by Crippen LogP contribution is 2.41. The number of fused-ring (bicyclic) bond motifs is 1. The molecular weight excluding hydrogens is 490 g/mol. The normalized spacial score (nSPS) is 16.6. The Morgan fingerprint density at radius 2 is 1.81 bits per heavy atom. The standard InChI is InChI=1S/C28H26ClN5O3/c1-36-21-14-7-18(8-15-21)9-16-26(35)31-27-32-28-30-23(19-10-12-20(29)13-11-19)17-24(34(28)33-27)22-5-3-4-6-25(22)37-2/h3-16,23-24H,17H2,1-2H3,(H2,30,31,32,33,35)/b16-9+. The number of rotatable bonds is 7. The van der Waals surface area contributed by atoms with Crippen LogP contribution in [-0.2, 0) is 4.79 Å². The molecule has 4 aromatic rings. The Morgan fingerprint density at radius 3 is 2.54 bits per heavy atom. The third-order valence-electron chi connectivity index (χ3n) is 6.24. The first-order chi connectivity index (χ1) is 18.0. The largest absolute Gasteiger partial charge is 0.497 e. The number of methoxy groups -OCH3 is 2. The van der Waals surface area contributed by atoms with E-state index in [9.17, 15) is 4.79 Å². The zero-order chi connectivity index (χ0) is 25.8. The molecule has 2 unspecified atom stereocenters. The predicted octanol–water partition coefficient (Wildman–Crippen LogP) is 5.75. The Bertz CT molecular complexity index is 1420. The lowest BCUT2D eigenvalue weighted by molar-refractivity contribution is -0.111. The van der Waals surface area contributed by atoms with Gasteiger partial charge in [0.25, 0.3) is 11.9 Å². The van der Waals surface area contributed by atoms with Crippen molar-refractivity contribution in [2.24, 2.45) is 0 Å². The van der Waals surface area contributed by atoms with Crippen LogP contribution in [0, 0.1) is 0 Å². The summed E-state index contributed by atoms with van der Waals surface area (Å²) >= 11 is 6.11. The molecule has 2 N–H and O–H groups in total. The lowest BCUT2D eigenvalue weighted by Gasteiger charge is -2.32. The zero-order valence-electron chi connectivity index (χ0n) is 20.4. The van der Waals surface area contributed by atoms with Gasteiger partial charge in [-0.1, -0.05) is 54.1 Å². The van der Waals surface area contributed by atoms with Gasteiger partial charge in [0.2, 0.25) is 5.95 Å². The topological polar surface area (TPSA) is 90.3 Å². The van der Waals surface area contributed by atoms with Crippen molar-refractivity contribution in [2.45, 2.75) is 18.5 Å². The minimum atomic E-state index is -0.332. The number of carbonyl (C=O) groups is 1. The first-order valence-electron chi connectivity index (χ1n) is 11.8. The maximum Gasteiger partial charge on any atom is 0.250 e. The highest BCUT2D eigenvalue weighted by Gasteiger charge is 2.32. The van der Waals surface area contributed by atoms with Crippen LogP contribution in [0.1, 0.15) is 35.2 Å². The summed E-state index contributed by atoms with van der Waals surface area (Å²) in [6, 6.07) is 22.8. The van der Waals surface area contributed by atoms with Gasteiger partial charge in [0.05, 0.1) is 26.3 Å². The summed E-state index contributed by atoms with van der Waals surface area (Å²) in [7, 11) is 3.26. The van der Waals surface area contributed by atoms with Gasteiger partial charge >= 0.3 is 0 Å². The van der Waals surface area contributed by atoms with Gasteiger partial charge in [-0.2, -0.15) is 4.98 Å². The minimum Gasteiger partial charge on any atom is -0.497 e. The smallest absolute Gasteiger partial charge is 0.250 e. The summed E-state index contributed by atoms with van der Waals surface area (Å²) < 4.78 is 12.6. The molecule has 0 fully saturated rings. The van der Waals surface area contributed by atoms with Crippen LogP contribution < -0.4 is 20.1 Å². The Morgan fingerprint density at radius 1 is 1.05 bits per heavy atom. The van der Waals surface area contributed by atoms with Gasteiger partial charge in [0.1, 0.15) is 11.5 Å². The fourth-order valence-corrected chi connectivity index (χ4v) is 4.51. The van der Waals surface area contributed by atoms with Crippen molar-refractivity contribution in [3.05, 3.63) is 101 Å². The molecule has 0 saturated carbocycles. The van der Waals surface area contributed by atoms with Crippen LogP contribution in [0.15, 0.2) is 78.9 Å². The molecule has 2 heterocycles. The van der Waals surface area contributed by atoms with Crippen LogP contribution >= 0.6 is 11.6 Å². The van der Waals surface area contributed by atoms with Crippen molar-refractivity contribution in [3.8, 4) is 11.5 Å². The molecule has 1 aliphatic rings. The Hall–Kier alpha value is -4.30. The van der Waals surface area contributed by atoms with E-state index in [4.69, 9.17) is 21.1 Å². The summed E-state index contributed by atoms with van der Waals surface area (Å²) in [4.78, 5) is 17.2. The number of ether oxygens (including phenoxy) is 2. The van der Waals surface area contributed by atoms with Crippen molar-refractivity contribution >= 4 is 35.5 Å². The van der Waals surface area contributed by atoms with Gasteiger partial charge in [0.15, 0.2) is 0 Å². The van der Waals surface area contributed by atoms with Crippen molar-refractivity contribution in [2.75, 3.05) is 24.9 Å². The molecule has 37 heavy (non-hydrogen) atoms. The van der Waals surface area contributed by atoms with Crippen molar-refractivity contribution in [1.82, 2.24) is 14.8 Å². The summed E-state index contributed by atoms with van der Waals surface area (Å²) in [5, 5.41) is 11.5. The zero-order valence-corrected chi connectivity index (χ0v) is 21.1. The first-order valence-corrected chi connectivity index (χ1v) is 12.2. The third-order valence-corrected chi connectivity index (χ3v) is 6.49. The van der Waals surface area contributed by atoms with Gasteiger partial charge < -0.3 is 14.8 Å². The summed E-state index contributed by atoms with van der Waals surface area (Å²) in [6.45, 7) is 0. The summed E-state index contributed by atoms with van der Waals surface area (Å²) in [5.41, 5.74) is 2.93. The molecule has 9 heteroatoms. The SMILES string of the molecule is COc1ccc(/C=C/C(=O)Nc2nc3n(n2)C(c2ccccc2OC)CC(c2ccc(Cl)cc2)N3)cc1. The first kappa shape index (κ1) is 24.4. The number of anilines is 2. The molecule has 1 amide bonds. The third kappa shape index (κ3) is 5.44. The molecule has 0 spiro atoms. The molecule has 3 aromatic carbocycles. The van der Waals surface area contributed by atoms with E-state index in [0.717, 1.165) is 28.2 Å². The average Bonchev–Trinajstić information content (AvgIpc) is 3.34. The number of benzene rings is 3. The van der Waals surface area contributed by atoms with Crippen LogP contribution in [0.2, 0.25) is 5.02 Å². The van der Waals surface area contributed by atoms with Gasteiger partial charge in [-0.05, 0) is 54.0 Å². The molecule has 2 atom stereocenters. The number of carbonyl (C=O) groups excluding carboxylic acids is 1. The van der Waals surface area contributed by atoms with Crippen LogP contribution in [-0.4, -0.2) is 34.9 Å². The number of hydrogen-bond acceptors (Lipinski definition) is 6. The predicted molar refractivity (Wildman–Crippen MR) is 144 cm³/mol. The average molecular weight is 516 g/mol. The monoisotopic (exact) mass is 515 g/mol. The van der Waals surface area contributed by atoms with Gasteiger partial charge in [0, 0.05) is 16.7 Å². The number of aromatic nitrogens is 3. The molecule has 0 bridgehead atoms. The fourth-order valence-electron chi connectivity index (χ4n) is 4.38. The highest BCUT2D eigenvalue weighted by atomic mass is 35.5. The Kier molecular flexibility index (Phi) is 7.09. The van der Waals surface area contributed by atoms with Crippen LogP contribution in [0.4, 0.5) is 11.9 Å². The van der Waals surface area contributed by atoms with Crippen molar-refractivity contribution in [3.63, 3.8) is 0 Å². The molecule has 8 nitrogen and oxygen atoms in total. The van der Waals surface area contributed by atoms with Crippen molar-refractivity contribution < 1.29 is 14.3 Å². The lowest BCUT2D eigenvalue weighted by Crippen LogP contribution is -2.28. The number of halogens is 1. The van der Waals surface area contributed by atoms with E-state index in [-0.39, 0.29) is 23.9 Å². The highest BCUT2D eigenvalue weighted by molar-refractivity contribution is 6.30.